The summed E-state index contributed by atoms with van der Waals surface area (Å²) in [5.74, 6) is 0. The number of hydrogen-bond acceptors (Lipinski definition) is 4. The highest BCUT2D eigenvalue weighted by atomic mass is 16.4. The Balaban J connectivity index is 3.40. The molecule has 0 bridgehead atoms. The zero-order chi connectivity index (χ0) is 12.4. The van der Waals surface area contributed by atoms with Crippen molar-refractivity contribution in [3.8, 4) is 0 Å². The minimum absolute atomic E-state index is 0.247. The molecule has 0 heterocycles. The van der Waals surface area contributed by atoms with Crippen LogP contribution < -0.4 is 5.73 Å². The first-order valence-corrected chi connectivity index (χ1v) is 6.44. The van der Waals surface area contributed by atoms with Gasteiger partial charge < -0.3 is 20.7 Å². The van der Waals surface area contributed by atoms with Gasteiger partial charge in [-0.05, 0) is 38.8 Å². The second-order valence-electron chi connectivity index (χ2n) is 4.34. The lowest BCUT2D eigenvalue weighted by atomic mass is 9.83. The van der Waals surface area contributed by atoms with Crippen LogP contribution in [0.2, 0.25) is 6.32 Å². The van der Waals surface area contributed by atoms with Crippen LogP contribution in [0.1, 0.15) is 39.5 Å². The van der Waals surface area contributed by atoms with Crippen molar-refractivity contribution in [3.05, 3.63) is 0 Å². The second-order valence-corrected chi connectivity index (χ2v) is 4.34. The molecule has 0 spiro atoms. The minimum atomic E-state index is -1.16. The van der Waals surface area contributed by atoms with E-state index in [0.29, 0.717) is 6.32 Å². The van der Waals surface area contributed by atoms with Gasteiger partial charge in [-0.15, -0.1) is 0 Å². The van der Waals surface area contributed by atoms with Crippen LogP contribution in [-0.4, -0.2) is 47.7 Å². The summed E-state index contributed by atoms with van der Waals surface area (Å²) in [6.45, 7) is 7.56. The van der Waals surface area contributed by atoms with E-state index < -0.39 is 7.12 Å². The molecular weight excluding hydrogens is 203 g/mol. The molecule has 96 valence electrons. The van der Waals surface area contributed by atoms with E-state index in [0.717, 1.165) is 45.3 Å². The molecule has 4 nitrogen and oxygen atoms in total. The predicted octanol–water partition coefficient (Wildman–Crippen LogP) is 0.689. The Labute approximate surface area is 100.0 Å². The van der Waals surface area contributed by atoms with Crippen molar-refractivity contribution < 1.29 is 10.0 Å². The molecule has 0 radical (unpaired) electrons. The van der Waals surface area contributed by atoms with Crippen molar-refractivity contribution >= 4 is 7.12 Å². The van der Waals surface area contributed by atoms with Gasteiger partial charge >= 0.3 is 7.12 Å². The van der Waals surface area contributed by atoms with Gasteiger partial charge in [-0.1, -0.05) is 26.7 Å². The van der Waals surface area contributed by atoms with Crippen LogP contribution in [0.3, 0.4) is 0 Å². The third kappa shape index (κ3) is 9.15. The number of unbranched alkanes of at least 4 members (excludes halogenated alkanes) is 1. The smallest absolute Gasteiger partial charge is 0.427 e. The van der Waals surface area contributed by atoms with Gasteiger partial charge in [0, 0.05) is 6.04 Å². The maximum absolute atomic E-state index is 8.68. The van der Waals surface area contributed by atoms with Gasteiger partial charge in [0.25, 0.3) is 0 Å². The van der Waals surface area contributed by atoms with E-state index in [1.54, 1.807) is 0 Å². The fourth-order valence-corrected chi connectivity index (χ4v) is 1.77. The van der Waals surface area contributed by atoms with E-state index >= 15 is 0 Å². The number of hydrogen-bond donors (Lipinski definition) is 3. The lowest BCUT2D eigenvalue weighted by Crippen LogP contribution is -2.30. The second kappa shape index (κ2) is 10.1. The quantitative estimate of drug-likeness (QED) is 0.381. The molecule has 0 fully saturated rings. The van der Waals surface area contributed by atoms with Crippen LogP contribution in [0.4, 0.5) is 0 Å². The zero-order valence-electron chi connectivity index (χ0n) is 10.7. The molecule has 0 aromatic rings. The predicted molar refractivity (Wildman–Crippen MR) is 69.2 cm³/mol. The average Bonchev–Trinajstić information content (AvgIpc) is 2.25. The van der Waals surface area contributed by atoms with E-state index in [1.807, 2.05) is 0 Å². The molecule has 1 atom stereocenters. The molecule has 5 heteroatoms. The first-order chi connectivity index (χ1) is 7.60. The van der Waals surface area contributed by atoms with Gasteiger partial charge in [0.1, 0.15) is 0 Å². The van der Waals surface area contributed by atoms with Gasteiger partial charge in [-0.25, -0.2) is 0 Å². The number of nitrogens with zero attached hydrogens (tertiary/aromatic N) is 1. The van der Waals surface area contributed by atoms with Crippen LogP contribution >= 0.6 is 0 Å². The summed E-state index contributed by atoms with van der Waals surface area (Å²) < 4.78 is 0. The van der Waals surface area contributed by atoms with Crippen LogP contribution in [0.15, 0.2) is 0 Å². The molecule has 0 saturated heterocycles. The minimum Gasteiger partial charge on any atom is -0.427 e. The van der Waals surface area contributed by atoms with Crippen molar-refractivity contribution in [2.75, 3.05) is 19.6 Å². The molecule has 0 rings (SSSR count). The summed E-state index contributed by atoms with van der Waals surface area (Å²) in [7, 11) is -1.16. The molecule has 0 amide bonds. The summed E-state index contributed by atoms with van der Waals surface area (Å²) >= 11 is 0. The summed E-state index contributed by atoms with van der Waals surface area (Å²) in [4.78, 5) is 2.37. The van der Waals surface area contributed by atoms with Crippen LogP contribution in [0, 0.1) is 0 Å². The molecule has 16 heavy (non-hydrogen) atoms. The Morgan fingerprint density at radius 2 is 1.75 bits per heavy atom. The van der Waals surface area contributed by atoms with Crippen LogP contribution in [-0.2, 0) is 0 Å². The summed E-state index contributed by atoms with van der Waals surface area (Å²) in [5, 5.41) is 17.4. The summed E-state index contributed by atoms with van der Waals surface area (Å²) in [6, 6.07) is 0.247. The monoisotopic (exact) mass is 230 g/mol. The maximum Gasteiger partial charge on any atom is 0.451 e. The average molecular weight is 230 g/mol. The molecule has 0 aliphatic carbocycles. The fraction of sp³-hybridized carbons (Fsp3) is 1.00. The van der Waals surface area contributed by atoms with Gasteiger partial charge in [-0.3, -0.25) is 0 Å². The Kier molecular flexibility index (Phi) is 10.0. The van der Waals surface area contributed by atoms with Crippen molar-refractivity contribution in [1.82, 2.24) is 4.90 Å². The third-order valence-corrected chi connectivity index (χ3v) is 3.00. The van der Waals surface area contributed by atoms with Crippen LogP contribution in [0.25, 0.3) is 0 Å². The van der Waals surface area contributed by atoms with E-state index in [4.69, 9.17) is 15.8 Å². The van der Waals surface area contributed by atoms with E-state index in [2.05, 4.69) is 18.7 Å². The largest absolute Gasteiger partial charge is 0.451 e. The van der Waals surface area contributed by atoms with Crippen LogP contribution in [0.5, 0.6) is 0 Å². The highest BCUT2D eigenvalue weighted by Crippen LogP contribution is 2.06. The number of nitrogens with two attached hydrogens (primary N) is 1. The molecule has 0 aliphatic rings. The maximum atomic E-state index is 8.68. The van der Waals surface area contributed by atoms with Gasteiger partial charge in [0.05, 0.1) is 0 Å². The Morgan fingerprint density at radius 3 is 2.25 bits per heavy atom. The molecule has 0 saturated carbocycles. The zero-order valence-corrected chi connectivity index (χ0v) is 10.7. The van der Waals surface area contributed by atoms with E-state index in [-0.39, 0.29) is 6.04 Å². The molecule has 0 aliphatic heterocycles. The van der Waals surface area contributed by atoms with Gasteiger partial charge in [0.2, 0.25) is 0 Å². The lowest BCUT2D eigenvalue weighted by molar-refractivity contribution is 0.287. The van der Waals surface area contributed by atoms with Gasteiger partial charge in [0.15, 0.2) is 0 Å². The Hall–Kier alpha value is -0.0951. The number of rotatable bonds is 10. The van der Waals surface area contributed by atoms with Crippen molar-refractivity contribution in [3.63, 3.8) is 0 Å². The first-order valence-electron chi connectivity index (χ1n) is 6.44. The fourth-order valence-electron chi connectivity index (χ4n) is 1.77. The highest BCUT2D eigenvalue weighted by Gasteiger charge is 2.08. The Morgan fingerprint density at radius 1 is 1.12 bits per heavy atom. The Bertz CT molecular complexity index is 155. The van der Waals surface area contributed by atoms with E-state index in [9.17, 15) is 0 Å². The molecular formula is C11H27BN2O2. The molecule has 0 unspecified atom stereocenters. The SMILES string of the molecule is CCN(CC)CC[C@H](N)CCCCB(O)O. The topological polar surface area (TPSA) is 69.7 Å². The van der Waals surface area contributed by atoms with Gasteiger partial charge in [-0.2, -0.15) is 0 Å². The highest BCUT2D eigenvalue weighted by molar-refractivity contribution is 6.40. The van der Waals surface area contributed by atoms with E-state index in [1.165, 1.54) is 0 Å². The van der Waals surface area contributed by atoms with Crippen molar-refractivity contribution in [2.45, 2.75) is 51.9 Å². The summed E-state index contributed by atoms with van der Waals surface area (Å²) in [5.41, 5.74) is 6.00. The summed E-state index contributed by atoms with van der Waals surface area (Å²) in [6.07, 6.45) is 4.30. The lowest BCUT2D eigenvalue weighted by Gasteiger charge is -2.20. The molecule has 4 N–H and O–H groups in total. The normalized spacial score (nSPS) is 13.1. The van der Waals surface area contributed by atoms with Crippen molar-refractivity contribution in [1.29, 1.82) is 0 Å². The van der Waals surface area contributed by atoms with Crippen molar-refractivity contribution in [2.24, 2.45) is 5.73 Å². The standard InChI is InChI=1S/C11H27BN2O2/c1-3-14(4-2)10-8-11(13)7-5-6-9-12(15)16/h11,15-16H,3-10,13H2,1-2H3/t11-/m1/s1. The molecule has 0 aromatic heterocycles. The molecule has 0 aromatic carbocycles. The first kappa shape index (κ1) is 15.9. The third-order valence-electron chi connectivity index (χ3n) is 3.00.